The minimum atomic E-state index is -1.06. The number of nitrogens with one attached hydrogen (secondary N) is 1. The van der Waals surface area contributed by atoms with E-state index in [1.54, 1.807) is 19.3 Å². The summed E-state index contributed by atoms with van der Waals surface area (Å²) in [7, 11) is 0. The molecule has 2 rings (SSSR count). The molecule has 0 aliphatic carbocycles. The number of hydrogen-bond donors (Lipinski definition) is 2. The largest absolute Gasteiger partial charge is 0.480 e. The van der Waals surface area contributed by atoms with Gasteiger partial charge in [-0.3, -0.25) is 19.1 Å². The summed E-state index contributed by atoms with van der Waals surface area (Å²) in [6.45, 7) is 1.81. The number of anilines is 1. The summed E-state index contributed by atoms with van der Waals surface area (Å²) < 4.78 is 1.18. The first-order valence-corrected chi connectivity index (χ1v) is 6.49. The van der Waals surface area contributed by atoms with E-state index < -0.39 is 11.5 Å². The lowest BCUT2D eigenvalue weighted by molar-refractivity contribution is -0.137. The number of nitrogens with zero attached hydrogens (tertiary/aromatic N) is 3. The van der Waals surface area contributed by atoms with Crippen LogP contribution in [0.4, 0.5) is 5.82 Å². The Morgan fingerprint density at radius 3 is 2.76 bits per heavy atom. The van der Waals surface area contributed by atoms with E-state index in [1.165, 1.54) is 10.8 Å². The van der Waals surface area contributed by atoms with Gasteiger partial charge in [-0.05, 0) is 31.0 Å². The molecule has 0 bridgehead atoms. The highest BCUT2D eigenvalue weighted by molar-refractivity contribution is 5.66. The summed E-state index contributed by atoms with van der Waals surface area (Å²) >= 11 is 0. The molecular weight excluding hydrogens is 272 g/mol. The zero-order chi connectivity index (χ0) is 15.2. The molecule has 7 nitrogen and oxygen atoms in total. The number of hydrogen-bond acceptors (Lipinski definition) is 5. The zero-order valence-electron chi connectivity index (χ0n) is 11.6. The van der Waals surface area contributed by atoms with Crippen LogP contribution < -0.4 is 10.9 Å². The highest BCUT2D eigenvalue weighted by Crippen LogP contribution is 2.01. The van der Waals surface area contributed by atoms with Gasteiger partial charge < -0.3 is 10.4 Å². The lowest BCUT2D eigenvalue weighted by Crippen LogP contribution is -2.29. The van der Waals surface area contributed by atoms with E-state index in [2.05, 4.69) is 15.3 Å². The molecule has 0 fully saturated rings. The van der Waals surface area contributed by atoms with Crippen molar-refractivity contribution in [3.8, 4) is 0 Å². The van der Waals surface area contributed by atoms with Gasteiger partial charge in [0.2, 0.25) is 0 Å². The van der Waals surface area contributed by atoms with E-state index in [-0.39, 0.29) is 12.4 Å². The number of rotatable bonds is 6. The summed E-state index contributed by atoms with van der Waals surface area (Å²) in [5.74, 6) is -0.898. The number of aromatic nitrogens is 3. The first kappa shape index (κ1) is 14.7. The summed E-state index contributed by atoms with van der Waals surface area (Å²) in [6, 6.07) is 3.79. The molecule has 2 aromatic heterocycles. The van der Waals surface area contributed by atoms with E-state index in [1.807, 2.05) is 12.1 Å². The molecule has 0 saturated carbocycles. The van der Waals surface area contributed by atoms with E-state index >= 15 is 0 Å². The van der Waals surface area contributed by atoms with E-state index in [0.29, 0.717) is 12.2 Å². The van der Waals surface area contributed by atoms with Gasteiger partial charge >= 0.3 is 5.97 Å². The molecule has 0 unspecified atom stereocenters. The SMILES string of the molecule is Cc1cnc(NCCc2ccncc2)c(=O)n1CC(=O)O. The molecule has 7 heteroatoms. The monoisotopic (exact) mass is 288 g/mol. The molecule has 2 N–H and O–H groups in total. The van der Waals surface area contributed by atoms with Crippen molar-refractivity contribution < 1.29 is 9.90 Å². The highest BCUT2D eigenvalue weighted by Gasteiger charge is 2.10. The smallest absolute Gasteiger partial charge is 0.323 e. The zero-order valence-corrected chi connectivity index (χ0v) is 11.6. The maximum Gasteiger partial charge on any atom is 0.323 e. The molecule has 21 heavy (non-hydrogen) atoms. The standard InChI is InChI=1S/C14H16N4O3/c1-10-8-17-13(14(21)18(10)9-12(19)20)16-7-4-11-2-5-15-6-3-11/h2-3,5-6,8H,4,7,9H2,1H3,(H,16,17)(H,19,20). The minimum Gasteiger partial charge on any atom is -0.480 e. The van der Waals surface area contributed by atoms with Crippen LogP contribution >= 0.6 is 0 Å². The average molecular weight is 288 g/mol. The predicted octanol–water partition coefficient (Wildman–Crippen LogP) is 0.686. The van der Waals surface area contributed by atoms with E-state index in [4.69, 9.17) is 5.11 Å². The summed E-state index contributed by atoms with van der Waals surface area (Å²) in [4.78, 5) is 30.9. The van der Waals surface area contributed by atoms with Gasteiger partial charge in [-0.2, -0.15) is 0 Å². The first-order chi connectivity index (χ1) is 10.1. The van der Waals surface area contributed by atoms with Gasteiger partial charge in [0.05, 0.1) is 0 Å². The van der Waals surface area contributed by atoms with Gasteiger partial charge in [-0.15, -0.1) is 0 Å². The number of pyridine rings is 1. The first-order valence-electron chi connectivity index (χ1n) is 6.49. The Kier molecular flexibility index (Phi) is 4.65. The van der Waals surface area contributed by atoms with Crippen LogP contribution in [-0.2, 0) is 17.8 Å². The van der Waals surface area contributed by atoms with Crippen molar-refractivity contribution in [2.45, 2.75) is 19.9 Å². The molecule has 0 spiro atoms. The van der Waals surface area contributed by atoms with Gasteiger partial charge in [0.15, 0.2) is 5.82 Å². The molecular formula is C14H16N4O3. The van der Waals surface area contributed by atoms with Crippen LogP contribution in [0.5, 0.6) is 0 Å². The third kappa shape index (κ3) is 3.88. The van der Waals surface area contributed by atoms with Crippen molar-refractivity contribution in [3.63, 3.8) is 0 Å². The second-order valence-electron chi connectivity index (χ2n) is 4.57. The van der Waals surface area contributed by atoms with Crippen LogP contribution in [0.2, 0.25) is 0 Å². The summed E-state index contributed by atoms with van der Waals surface area (Å²) in [6.07, 6.45) is 5.62. The molecule has 2 heterocycles. The van der Waals surface area contributed by atoms with E-state index in [0.717, 1.165) is 12.0 Å². The molecule has 2 aromatic rings. The van der Waals surface area contributed by atoms with Crippen molar-refractivity contribution in [3.05, 3.63) is 52.3 Å². The Morgan fingerprint density at radius 2 is 2.10 bits per heavy atom. The topological polar surface area (TPSA) is 97.1 Å². The van der Waals surface area contributed by atoms with Crippen molar-refractivity contribution in [2.75, 3.05) is 11.9 Å². The van der Waals surface area contributed by atoms with Crippen LogP contribution in [0, 0.1) is 6.92 Å². The lowest BCUT2D eigenvalue weighted by Gasteiger charge is -2.10. The highest BCUT2D eigenvalue weighted by atomic mass is 16.4. The number of carboxylic acid groups (broad SMARTS) is 1. The molecule has 0 atom stereocenters. The van der Waals surface area contributed by atoms with Crippen molar-refractivity contribution >= 4 is 11.8 Å². The van der Waals surface area contributed by atoms with Crippen LogP contribution in [0.15, 0.2) is 35.5 Å². The fraction of sp³-hybridized carbons (Fsp3) is 0.286. The van der Waals surface area contributed by atoms with Gasteiger partial charge in [0, 0.05) is 30.8 Å². The molecule has 0 saturated heterocycles. The van der Waals surface area contributed by atoms with Crippen LogP contribution in [0.3, 0.4) is 0 Å². The molecule has 110 valence electrons. The number of carboxylic acids is 1. The maximum absolute atomic E-state index is 12.1. The number of aliphatic carboxylic acids is 1. The predicted molar refractivity (Wildman–Crippen MR) is 77.3 cm³/mol. The van der Waals surface area contributed by atoms with Crippen LogP contribution in [0.1, 0.15) is 11.3 Å². The minimum absolute atomic E-state index is 0.163. The van der Waals surface area contributed by atoms with E-state index in [9.17, 15) is 9.59 Å². The Labute approximate surface area is 121 Å². The normalized spacial score (nSPS) is 10.3. The fourth-order valence-electron chi connectivity index (χ4n) is 1.90. The van der Waals surface area contributed by atoms with Crippen LogP contribution in [0.25, 0.3) is 0 Å². The lowest BCUT2D eigenvalue weighted by atomic mass is 10.2. The molecule has 0 amide bonds. The summed E-state index contributed by atoms with van der Waals surface area (Å²) in [5.41, 5.74) is 1.18. The Morgan fingerprint density at radius 1 is 1.38 bits per heavy atom. The number of aryl methyl sites for hydroxylation is 1. The quantitative estimate of drug-likeness (QED) is 0.811. The van der Waals surface area contributed by atoms with Crippen molar-refractivity contribution in [1.29, 1.82) is 0 Å². The molecule has 0 aromatic carbocycles. The molecule has 0 radical (unpaired) electrons. The third-order valence-corrected chi connectivity index (χ3v) is 3.00. The van der Waals surface area contributed by atoms with Crippen molar-refractivity contribution in [2.24, 2.45) is 0 Å². The Balaban J connectivity index is 2.07. The average Bonchev–Trinajstić information content (AvgIpc) is 2.47. The van der Waals surface area contributed by atoms with Gasteiger partial charge in [0.1, 0.15) is 6.54 Å². The molecule has 0 aliphatic rings. The van der Waals surface area contributed by atoms with Crippen LogP contribution in [-0.4, -0.2) is 32.2 Å². The second-order valence-corrected chi connectivity index (χ2v) is 4.57. The van der Waals surface area contributed by atoms with Gasteiger partial charge in [0.25, 0.3) is 5.56 Å². The second kappa shape index (κ2) is 6.65. The third-order valence-electron chi connectivity index (χ3n) is 3.00. The number of carbonyl (C=O) groups is 1. The van der Waals surface area contributed by atoms with Gasteiger partial charge in [-0.25, -0.2) is 4.98 Å². The Hall–Kier alpha value is -2.70. The van der Waals surface area contributed by atoms with Gasteiger partial charge in [-0.1, -0.05) is 0 Å². The van der Waals surface area contributed by atoms with Crippen molar-refractivity contribution in [1.82, 2.24) is 14.5 Å². The molecule has 0 aliphatic heterocycles. The Bertz CT molecular complexity index is 682. The maximum atomic E-state index is 12.1. The summed E-state index contributed by atoms with van der Waals surface area (Å²) in [5, 5.41) is 11.8. The fourth-order valence-corrected chi connectivity index (χ4v) is 1.90.